The van der Waals surface area contributed by atoms with Crippen molar-refractivity contribution in [3.8, 4) is 5.75 Å². The minimum atomic E-state index is -1.11. The Hall–Kier alpha value is -2.30. The van der Waals surface area contributed by atoms with Crippen molar-refractivity contribution in [2.75, 3.05) is 0 Å². The van der Waals surface area contributed by atoms with Gasteiger partial charge < -0.3 is 14.3 Å². The van der Waals surface area contributed by atoms with Gasteiger partial charge in [0.05, 0.1) is 0 Å². The van der Waals surface area contributed by atoms with Crippen LogP contribution in [0.2, 0.25) is 0 Å². The number of aryl methyl sites for hydroxylation is 3. The highest BCUT2D eigenvalue weighted by Crippen LogP contribution is 2.23. The van der Waals surface area contributed by atoms with Gasteiger partial charge in [0.15, 0.2) is 12.3 Å². The Bertz CT molecular complexity index is 616. The molecule has 2 aromatic rings. The first-order valence-electron chi connectivity index (χ1n) is 5.85. The molecule has 0 amide bonds. The topological polar surface area (TPSA) is 72.6 Å². The molecule has 0 aliphatic carbocycles. The maximum atomic E-state index is 10.7. The lowest BCUT2D eigenvalue weighted by atomic mass is 10.1. The summed E-state index contributed by atoms with van der Waals surface area (Å²) in [6.07, 6.45) is 1.11. The molecule has 0 saturated carbocycles. The fourth-order valence-corrected chi connectivity index (χ4v) is 1.70. The van der Waals surface area contributed by atoms with Crippen LogP contribution in [0.25, 0.3) is 0 Å². The molecule has 0 aliphatic rings. The van der Waals surface area contributed by atoms with Gasteiger partial charge in [-0.15, -0.1) is 0 Å². The number of rotatable bonds is 4. The van der Waals surface area contributed by atoms with Gasteiger partial charge in [0, 0.05) is 0 Å². The van der Waals surface area contributed by atoms with Crippen molar-refractivity contribution in [1.82, 2.24) is 4.98 Å². The first kappa shape index (κ1) is 13.1. The van der Waals surface area contributed by atoms with Crippen LogP contribution in [0, 0.1) is 20.8 Å². The van der Waals surface area contributed by atoms with Crippen LogP contribution in [0.4, 0.5) is 0 Å². The highest BCUT2D eigenvalue weighted by atomic mass is 16.5. The number of oxazole rings is 1. The number of ether oxygens (including phenoxy) is 1. The van der Waals surface area contributed by atoms with Gasteiger partial charge in [-0.25, -0.2) is 9.78 Å². The van der Waals surface area contributed by atoms with E-state index in [0.29, 0.717) is 0 Å². The van der Waals surface area contributed by atoms with Crippen molar-refractivity contribution in [3.63, 3.8) is 0 Å². The van der Waals surface area contributed by atoms with E-state index in [4.69, 9.17) is 14.3 Å². The minimum absolute atomic E-state index is 0.108. The number of hydrogen-bond acceptors (Lipinski definition) is 4. The molecule has 0 bridgehead atoms. The Morgan fingerprint density at radius 1 is 1.26 bits per heavy atom. The smallest absolute Gasteiger partial charge is 0.357 e. The van der Waals surface area contributed by atoms with Gasteiger partial charge in [0.2, 0.25) is 5.89 Å². The zero-order valence-corrected chi connectivity index (χ0v) is 11.1. The number of benzene rings is 1. The van der Waals surface area contributed by atoms with Crippen molar-refractivity contribution >= 4 is 5.97 Å². The van der Waals surface area contributed by atoms with Crippen molar-refractivity contribution in [2.45, 2.75) is 27.4 Å². The largest absolute Gasteiger partial charge is 0.484 e. The summed E-state index contributed by atoms with van der Waals surface area (Å²) in [7, 11) is 0. The Morgan fingerprint density at radius 3 is 2.58 bits per heavy atom. The van der Waals surface area contributed by atoms with Crippen LogP contribution in [0.1, 0.15) is 33.1 Å². The number of carbonyl (C=O) groups is 1. The summed E-state index contributed by atoms with van der Waals surface area (Å²) in [4.78, 5) is 14.5. The highest BCUT2D eigenvalue weighted by Gasteiger charge is 2.11. The standard InChI is InChI=1S/C14H15NO4/c1-8-4-10(3)12(5-9(8)2)18-7-13-15-11(6-19-13)14(16)17/h4-6H,7H2,1-3H3,(H,16,17). The number of hydrogen-bond donors (Lipinski definition) is 1. The zero-order valence-electron chi connectivity index (χ0n) is 11.1. The van der Waals surface area contributed by atoms with Crippen LogP contribution >= 0.6 is 0 Å². The second-order valence-corrected chi connectivity index (χ2v) is 4.42. The summed E-state index contributed by atoms with van der Waals surface area (Å²) < 4.78 is 10.6. The van der Waals surface area contributed by atoms with Crippen molar-refractivity contribution in [2.24, 2.45) is 0 Å². The van der Waals surface area contributed by atoms with E-state index in [1.54, 1.807) is 0 Å². The van der Waals surface area contributed by atoms with Gasteiger partial charge in [0.25, 0.3) is 0 Å². The average molecular weight is 261 g/mol. The van der Waals surface area contributed by atoms with Crippen molar-refractivity contribution in [3.05, 3.63) is 46.7 Å². The molecule has 0 radical (unpaired) electrons. The summed E-state index contributed by atoms with van der Waals surface area (Å²) >= 11 is 0. The summed E-state index contributed by atoms with van der Waals surface area (Å²) in [6, 6.07) is 3.99. The molecule has 1 aromatic heterocycles. The molecule has 0 saturated heterocycles. The first-order chi connectivity index (χ1) is 8.97. The van der Waals surface area contributed by atoms with Gasteiger partial charge in [-0.3, -0.25) is 0 Å². The predicted molar refractivity (Wildman–Crippen MR) is 68.4 cm³/mol. The normalized spacial score (nSPS) is 10.5. The maximum absolute atomic E-state index is 10.7. The van der Waals surface area contributed by atoms with Gasteiger partial charge >= 0.3 is 5.97 Å². The predicted octanol–water partition coefficient (Wildman–Crippen LogP) is 2.88. The van der Waals surface area contributed by atoms with Crippen LogP contribution in [-0.4, -0.2) is 16.1 Å². The Labute approximate surface area is 110 Å². The molecule has 5 heteroatoms. The summed E-state index contributed by atoms with van der Waals surface area (Å²) in [5, 5.41) is 8.73. The maximum Gasteiger partial charge on any atom is 0.357 e. The van der Waals surface area contributed by atoms with E-state index in [9.17, 15) is 4.79 Å². The molecule has 0 atom stereocenters. The summed E-state index contributed by atoms with van der Waals surface area (Å²) in [5.41, 5.74) is 3.25. The molecule has 2 rings (SSSR count). The van der Waals surface area contributed by atoms with E-state index in [0.717, 1.165) is 23.1 Å². The number of aromatic nitrogens is 1. The third kappa shape index (κ3) is 2.93. The molecule has 0 spiro atoms. The summed E-state index contributed by atoms with van der Waals surface area (Å²) in [6.45, 7) is 6.12. The van der Waals surface area contributed by atoms with Crippen molar-refractivity contribution in [1.29, 1.82) is 0 Å². The van der Waals surface area contributed by atoms with E-state index in [2.05, 4.69) is 4.98 Å². The number of carboxylic acid groups (broad SMARTS) is 1. The molecule has 1 aromatic carbocycles. The van der Waals surface area contributed by atoms with E-state index < -0.39 is 5.97 Å². The molecule has 19 heavy (non-hydrogen) atoms. The number of carboxylic acids is 1. The van der Waals surface area contributed by atoms with Crippen molar-refractivity contribution < 1.29 is 19.1 Å². The second kappa shape index (κ2) is 5.14. The fourth-order valence-electron chi connectivity index (χ4n) is 1.70. The lowest BCUT2D eigenvalue weighted by molar-refractivity contribution is 0.0690. The minimum Gasteiger partial charge on any atom is -0.484 e. The quantitative estimate of drug-likeness (QED) is 0.916. The van der Waals surface area contributed by atoms with Crippen LogP contribution in [-0.2, 0) is 6.61 Å². The van der Waals surface area contributed by atoms with Crippen LogP contribution in [0.3, 0.4) is 0 Å². The van der Waals surface area contributed by atoms with Crippen LogP contribution < -0.4 is 4.74 Å². The lowest BCUT2D eigenvalue weighted by Crippen LogP contribution is -2.00. The second-order valence-electron chi connectivity index (χ2n) is 4.42. The van der Waals surface area contributed by atoms with Crippen LogP contribution in [0.15, 0.2) is 22.8 Å². The third-order valence-electron chi connectivity index (χ3n) is 2.91. The Kier molecular flexibility index (Phi) is 3.55. The average Bonchev–Trinajstić information content (AvgIpc) is 2.81. The van der Waals surface area contributed by atoms with E-state index >= 15 is 0 Å². The third-order valence-corrected chi connectivity index (χ3v) is 2.91. The lowest BCUT2D eigenvalue weighted by Gasteiger charge is -2.10. The Morgan fingerprint density at radius 2 is 1.95 bits per heavy atom. The van der Waals surface area contributed by atoms with E-state index in [1.807, 2.05) is 32.9 Å². The molecule has 0 aliphatic heterocycles. The highest BCUT2D eigenvalue weighted by molar-refractivity contribution is 5.84. The zero-order chi connectivity index (χ0) is 14.0. The number of nitrogens with zero attached hydrogens (tertiary/aromatic N) is 1. The van der Waals surface area contributed by atoms with Crippen LogP contribution in [0.5, 0.6) is 5.75 Å². The molecule has 0 fully saturated rings. The monoisotopic (exact) mass is 261 g/mol. The molecule has 1 heterocycles. The molecule has 5 nitrogen and oxygen atoms in total. The van der Waals surface area contributed by atoms with Gasteiger partial charge in [0.1, 0.15) is 12.0 Å². The molecule has 0 unspecified atom stereocenters. The van der Waals surface area contributed by atoms with E-state index in [-0.39, 0.29) is 18.2 Å². The van der Waals surface area contributed by atoms with E-state index in [1.165, 1.54) is 5.56 Å². The number of aromatic carboxylic acids is 1. The Balaban J connectivity index is 2.09. The SMILES string of the molecule is Cc1cc(C)c(OCc2nc(C(=O)O)co2)cc1C. The summed E-state index contributed by atoms with van der Waals surface area (Å²) in [5.74, 6) is -0.120. The van der Waals surface area contributed by atoms with Gasteiger partial charge in [-0.2, -0.15) is 0 Å². The molecule has 1 N–H and O–H groups in total. The molecular formula is C14H15NO4. The fraction of sp³-hybridized carbons (Fsp3) is 0.286. The van der Waals surface area contributed by atoms with Gasteiger partial charge in [-0.1, -0.05) is 6.07 Å². The molecule has 100 valence electrons. The van der Waals surface area contributed by atoms with Gasteiger partial charge in [-0.05, 0) is 43.5 Å². The molecular weight excluding hydrogens is 246 g/mol. The first-order valence-corrected chi connectivity index (χ1v) is 5.85.